The molecule has 0 aromatic heterocycles. The van der Waals surface area contributed by atoms with Gasteiger partial charge in [0, 0.05) is 44.5 Å². The monoisotopic (exact) mass is 620 g/mol. The summed E-state index contributed by atoms with van der Waals surface area (Å²) < 4.78 is 0. The molecule has 224 valence electrons. The first kappa shape index (κ1) is 27.8. The Morgan fingerprint density at radius 1 is 0.468 bits per heavy atom. The predicted octanol–water partition coefficient (Wildman–Crippen LogP) is 12.6. The van der Waals surface area contributed by atoms with Crippen LogP contribution in [0.1, 0.15) is 11.5 Å². The molecule has 0 saturated carbocycles. The van der Waals surface area contributed by atoms with Crippen LogP contribution in [0.25, 0.3) is 32.7 Å². The number of nitrogens with zero attached hydrogens (tertiary/aromatic N) is 1. The van der Waals surface area contributed by atoms with Crippen molar-refractivity contribution in [1.29, 1.82) is 0 Å². The zero-order valence-corrected chi connectivity index (χ0v) is 26.6. The molecule has 2 nitrogen and oxygen atoms in total. The summed E-state index contributed by atoms with van der Waals surface area (Å²) in [7, 11) is 0. The van der Waals surface area contributed by atoms with Gasteiger partial charge in [-0.15, -0.1) is 11.8 Å². The summed E-state index contributed by atoms with van der Waals surface area (Å²) in [5.74, 6) is 0.438. The summed E-state index contributed by atoms with van der Waals surface area (Å²) in [6.45, 7) is 0. The van der Waals surface area contributed by atoms with Gasteiger partial charge < -0.3 is 10.2 Å². The van der Waals surface area contributed by atoms with Gasteiger partial charge in [-0.05, 0) is 98.9 Å². The maximum atomic E-state index is 3.68. The van der Waals surface area contributed by atoms with Gasteiger partial charge in [0.1, 0.15) is 0 Å². The highest BCUT2D eigenvalue weighted by atomic mass is 32.2. The topological polar surface area (TPSA) is 15.3 Å². The van der Waals surface area contributed by atoms with Gasteiger partial charge in [0.25, 0.3) is 0 Å². The third-order valence-electron chi connectivity index (χ3n) is 9.35. The summed E-state index contributed by atoms with van der Waals surface area (Å²) >= 11 is 2.01. The van der Waals surface area contributed by atoms with E-state index in [2.05, 4.69) is 186 Å². The third kappa shape index (κ3) is 5.00. The van der Waals surface area contributed by atoms with E-state index in [1.807, 2.05) is 11.8 Å². The Hall–Kier alpha value is -5.51. The van der Waals surface area contributed by atoms with Gasteiger partial charge >= 0.3 is 0 Å². The molecule has 0 bridgehead atoms. The molecule has 1 aliphatic heterocycles. The summed E-state index contributed by atoms with van der Waals surface area (Å²) in [4.78, 5) is 3.72. The van der Waals surface area contributed by atoms with Crippen LogP contribution in [0, 0.1) is 0 Å². The van der Waals surface area contributed by atoms with E-state index in [1.165, 1.54) is 43.1 Å². The number of rotatable bonds is 6. The molecule has 47 heavy (non-hydrogen) atoms. The first-order valence-electron chi connectivity index (χ1n) is 16.2. The fraction of sp³-hybridized carbons (Fsp3) is 0.0455. The largest absolute Gasteiger partial charge is 0.356 e. The van der Waals surface area contributed by atoms with Crippen LogP contribution >= 0.6 is 11.8 Å². The highest BCUT2D eigenvalue weighted by molar-refractivity contribution is 8.00. The number of anilines is 5. The third-order valence-corrected chi connectivity index (χ3v) is 10.7. The lowest BCUT2D eigenvalue weighted by atomic mass is 9.86. The summed E-state index contributed by atoms with van der Waals surface area (Å²) in [5.41, 5.74) is 9.44. The summed E-state index contributed by atoms with van der Waals surface area (Å²) in [6, 6.07) is 54.4. The molecule has 3 heteroatoms. The summed E-state index contributed by atoms with van der Waals surface area (Å²) in [6.07, 6.45) is 9.13. The minimum atomic E-state index is 0.438. The molecule has 2 atom stereocenters. The van der Waals surface area contributed by atoms with Crippen LogP contribution < -0.4 is 10.2 Å². The van der Waals surface area contributed by atoms with Crippen LogP contribution in [0.5, 0.6) is 0 Å². The number of hydrogen-bond donors (Lipinski definition) is 1. The van der Waals surface area contributed by atoms with Gasteiger partial charge in [-0.3, -0.25) is 0 Å². The smallest absolute Gasteiger partial charge is 0.0462 e. The van der Waals surface area contributed by atoms with Gasteiger partial charge in [0.05, 0.1) is 0 Å². The van der Waals surface area contributed by atoms with Crippen LogP contribution in [-0.2, 0) is 0 Å². The van der Waals surface area contributed by atoms with E-state index in [1.54, 1.807) is 0 Å². The number of allylic oxidation sites excluding steroid dienone is 3. The molecular weight excluding hydrogens is 589 g/mol. The van der Waals surface area contributed by atoms with Crippen LogP contribution in [0.2, 0.25) is 0 Å². The van der Waals surface area contributed by atoms with E-state index in [-0.39, 0.29) is 0 Å². The standard InChI is InChI=1S/C44H32N2S/c1-3-11-34(12-4-1)46(35-13-5-2-6-14-35)36-26-21-31(22-27-36)30-19-23-32(24-20-30)45-33-25-28-39-41(29-33)37-15-7-8-16-38(37)43-40-17-9-10-18-42(40)47-44(39)43/h1-29,40,42,45H. The normalized spacial score (nSPS) is 16.3. The minimum absolute atomic E-state index is 0.438. The fourth-order valence-electron chi connectivity index (χ4n) is 7.13. The average molecular weight is 621 g/mol. The van der Waals surface area contributed by atoms with Crippen molar-refractivity contribution < 1.29 is 0 Å². The van der Waals surface area contributed by atoms with Crippen molar-refractivity contribution in [2.45, 2.75) is 16.1 Å². The van der Waals surface area contributed by atoms with Gasteiger partial charge in [-0.25, -0.2) is 0 Å². The van der Waals surface area contributed by atoms with E-state index >= 15 is 0 Å². The van der Waals surface area contributed by atoms with Crippen molar-refractivity contribution >= 4 is 61.7 Å². The SMILES string of the molecule is C1=CC2Sc3c(c4ccccc4c4cc(Nc5ccc(-c6ccc(N(c7ccccc7)c7ccccc7)cc6)cc5)ccc34)C2C=C1. The van der Waals surface area contributed by atoms with Crippen molar-refractivity contribution in [2.24, 2.45) is 0 Å². The molecule has 0 fully saturated rings. The Bertz CT molecular complexity index is 2250. The number of benzene rings is 7. The lowest BCUT2D eigenvalue weighted by Gasteiger charge is -2.25. The van der Waals surface area contributed by atoms with Gasteiger partial charge in [-0.1, -0.05) is 115 Å². The van der Waals surface area contributed by atoms with Crippen LogP contribution in [0.4, 0.5) is 28.4 Å². The number of nitrogens with one attached hydrogen (secondary N) is 1. The molecule has 1 heterocycles. The zero-order valence-electron chi connectivity index (χ0n) is 25.8. The zero-order chi connectivity index (χ0) is 31.2. The van der Waals surface area contributed by atoms with Crippen LogP contribution in [0.15, 0.2) is 181 Å². The maximum Gasteiger partial charge on any atom is 0.0462 e. The Balaban J connectivity index is 0.993. The number of hydrogen-bond acceptors (Lipinski definition) is 3. The molecule has 7 aromatic carbocycles. The van der Waals surface area contributed by atoms with E-state index < -0.39 is 0 Å². The van der Waals surface area contributed by atoms with Crippen molar-refractivity contribution in [1.82, 2.24) is 0 Å². The van der Waals surface area contributed by atoms with Gasteiger partial charge in [0.15, 0.2) is 0 Å². The first-order chi connectivity index (χ1) is 23.3. The van der Waals surface area contributed by atoms with E-state index in [0.29, 0.717) is 11.2 Å². The van der Waals surface area contributed by atoms with E-state index in [4.69, 9.17) is 0 Å². The second-order valence-electron chi connectivity index (χ2n) is 12.2. The maximum absolute atomic E-state index is 3.68. The van der Waals surface area contributed by atoms with Crippen molar-refractivity contribution in [2.75, 3.05) is 10.2 Å². The molecular formula is C44H32N2S. The van der Waals surface area contributed by atoms with Crippen molar-refractivity contribution in [3.05, 3.63) is 182 Å². The highest BCUT2D eigenvalue weighted by Crippen LogP contribution is 2.54. The minimum Gasteiger partial charge on any atom is -0.356 e. The molecule has 0 saturated heterocycles. The molecule has 0 radical (unpaired) electrons. The van der Waals surface area contributed by atoms with Crippen LogP contribution in [0.3, 0.4) is 0 Å². The van der Waals surface area contributed by atoms with E-state index in [9.17, 15) is 0 Å². The van der Waals surface area contributed by atoms with Crippen molar-refractivity contribution in [3.8, 4) is 11.1 Å². The average Bonchev–Trinajstić information content (AvgIpc) is 3.54. The van der Waals surface area contributed by atoms with Gasteiger partial charge in [-0.2, -0.15) is 0 Å². The molecule has 7 aromatic rings. The van der Waals surface area contributed by atoms with Crippen LogP contribution in [-0.4, -0.2) is 5.25 Å². The molecule has 0 spiro atoms. The number of thioether (sulfide) groups is 1. The molecule has 9 rings (SSSR count). The Morgan fingerprint density at radius 2 is 1.04 bits per heavy atom. The molecule has 2 aliphatic rings. The Kier molecular flexibility index (Phi) is 6.91. The number of para-hydroxylation sites is 2. The Labute approximate surface area is 279 Å². The first-order valence-corrected chi connectivity index (χ1v) is 17.1. The molecule has 2 unspecified atom stereocenters. The number of fused-ring (bicyclic) bond motifs is 8. The van der Waals surface area contributed by atoms with Crippen molar-refractivity contribution in [3.63, 3.8) is 0 Å². The molecule has 0 amide bonds. The Morgan fingerprint density at radius 3 is 1.74 bits per heavy atom. The lowest BCUT2D eigenvalue weighted by molar-refractivity contribution is 0.892. The quantitative estimate of drug-likeness (QED) is 0.186. The molecule has 1 N–H and O–H groups in total. The second-order valence-corrected chi connectivity index (χ2v) is 13.4. The van der Waals surface area contributed by atoms with E-state index in [0.717, 1.165) is 28.4 Å². The molecule has 1 aliphatic carbocycles. The fourth-order valence-corrected chi connectivity index (χ4v) is 8.63. The lowest BCUT2D eigenvalue weighted by Crippen LogP contribution is -2.09. The predicted molar refractivity (Wildman–Crippen MR) is 202 cm³/mol. The van der Waals surface area contributed by atoms with Gasteiger partial charge in [0.2, 0.25) is 0 Å². The second kappa shape index (κ2) is 11.7. The highest BCUT2D eigenvalue weighted by Gasteiger charge is 2.34. The summed E-state index contributed by atoms with van der Waals surface area (Å²) in [5, 5.41) is 9.51.